The van der Waals surface area contributed by atoms with Gasteiger partial charge in [-0.25, -0.2) is 4.39 Å². The Hall–Kier alpha value is -0.890. The number of benzene rings is 1. The van der Waals surface area contributed by atoms with E-state index in [1.54, 1.807) is 6.92 Å². The van der Waals surface area contributed by atoms with E-state index in [2.05, 4.69) is 0 Å². The number of halogens is 1. The van der Waals surface area contributed by atoms with Crippen molar-refractivity contribution in [2.24, 2.45) is 0 Å². The van der Waals surface area contributed by atoms with Gasteiger partial charge in [0.2, 0.25) is 0 Å². The van der Waals surface area contributed by atoms with Crippen molar-refractivity contribution in [1.82, 2.24) is 0 Å². The Labute approximate surface area is 71.9 Å². The lowest BCUT2D eigenvalue weighted by Gasteiger charge is -2.05. The summed E-state index contributed by atoms with van der Waals surface area (Å²) < 4.78 is 12.8. The fraction of sp³-hybridized carbons (Fsp3) is 0.400. The van der Waals surface area contributed by atoms with Crippen LogP contribution in [0.5, 0.6) is 0 Å². The van der Waals surface area contributed by atoms with Crippen molar-refractivity contribution < 1.29 is 9.50 Å². The minimum Gasteiger partial charge on any atom is -0.393 e. The van der Waals surface area contributed by atoms with E-state index < -0.39 is 6.10 Å². The van der Waals surface area contributed by atoms with Gasteiger partial charge in [-0.3, -0.25) is 0 Å². The zero-order valence-electron chi connectivity index (χ0n) is 7.34. The third kappa shape index (κ3) is 2.62. The summed E-state index contributed by atoms with van der Waals surface area (Å²) in [5, 5.41) is 9.07. The molecule has 2 heteroatoms. The molecule has 0 bridgehead atoms. The normalized spacial score (nSPS) is 13.0. The molecule has 1 atom stereocenters. The topological polar surface area (TPSA) is 20.2 Å². The molecule has 0 saturated carbocycles. The van der Waals surface area contributed by atoms with Crippen LogP contribution < -0.4 is 0 Å². The number of aliphatic hydroxyl groups excluding tert-OH is 1. The average molecular weight is 168 g/mol. The van der Waals surface area contributed by atoms with Gasteiger partial charge in [0.25, 0.3) is 0 Å². The van der Waals surface area contributed by atoms with E-state index in [1.165, 1.54) is 12.1 Å². The van der Waals surface area contributed by atoms with Crippen LogP contribution in [0.4, 0.5) is 4.39 Å². The quantitative estimate of drug-likeness (QED) is 0.716. The molecule has 1 aromatic carbocycles. The van der Waals surface area contributed by atoms with E-state index in [0.717, 1.165) is 11.1 Å². The maximum Gasteiger partial charge on any atom is 0.123 e. The molecule has 0 aliphatic heterocycles. The molecule has 1 rings (SSSR count). The summed E-state index contributed by atoms with van der Waals surface area (Å²) in [4.78, 5) is 0. The lowest BCUT2D eigenvalue weighted by atomic mass is 10.1. The number of hydrogen-bond donors (Lipinski definition) is 1. The fourth-order valence-electron chi connectivity index (χ4n) is 1.27. The van der Waals surface area contributed by atoms with E-state index in [0.29, 0.717) is 6.42 Å². The van der Waals surface area contributed by atoms with Gasteiger partial charge < -0.3 is 5.11 Å². The molecule has 1 N–H and O–H groups in total. The largest absolute Gasteiger partial charge is 0.393 e. The molecule has 0 aliphatic rings. The molecule has 66 valence electrons. The van der Waals surface area contributed by atoms with Crippen molar-refractivity contribution in [2.45, 2.75) is 26.4 Å². The smallest absolute Gasteiger partial charge is 0.123 e. The van der Waals surface area contributed by atoms with Gasteiger partial charge in [-0.05, 0) is 43.5 Å². The van der Waals surface area contributed by atoms with Crippen LogP contribution in [0, 0.1) is 12.7 Å². The molecule has 0 aromatic heterocycles. The van der Waals surface area contributed by atoms with Crippen LogP contribution in [-0.2, 0) is 6.42 Å². The highest BCUT2D eigenvalue weighted by molar-refractivity contribution is 5.23. The first-order chi connectivity index (χ1) is 5.58. The lowest BCUT2D eigenvalue weighted by Crippen LogP contribution is -2.04. The van der Waals surface area contributed by atoms with Crippen LogP contribution in [0.1, 0.15) is 18.1 Å². The second-order valence-corrected chi connectivity index (χ2v) is 3.19. The summed E-state index contributed by atoms with van der Waals surface area (Å²) in [5.74, 6) is -0.231. The first kappa shape index (κ1) is 9.20. The Bertz CT molecular complexity index is 248. The molecule has 0 saturated heterocycles. The Kier molecular flexibility index (Phi) is 2.82. The fourth-order valence-corrected chi connectivity index (χ4v) is 1.27. The van der Waals surface area contributed by atoms with E-state index >= 15 is 0 Å². The molecule has 0 fully saturated rings. The minimum atomic E-state index is -0.411. The van der Waals surface area contributed by atoms with Crippen molar-refractivity contribution in [3.8, 4) is 0 Å². The van der Waals surface area contributed by atoms with Crippen LogP contribution >= 0.6 is 0 Å². The first-order valence-electron chi connectivity index (χ1n) is 4.02. The first-order valence-corrected chi connectivity index (χ1v) is 4.02. The van der Waals surface area contributed by atoms with E-state index in [-0.39, 0.29) is 5.82 Å². The predicted molar refractivity (Wildman–Crippen MR) is 46.5 cm³/mol. The molecule has 1 aromatic rings. The molecule has 0 heterocycles. The van der Waals surface area contributed by atoms with Gasteiger partial charge in [0.15, 0.2) is 0 Å². The van der Waals surface area contributed by atoms with Crippen LogP contribution in [0.2, 0.25) is 0 Å². The molecule has 0 amide bonds. The Morgan fingerprint density at radius 3 is 2.58 bits per heavy atom. The number of aryl methyl sites for hydroxylation is 1. The van der Waals surface area contributed by atoms with Gasteiger partial charge >= 0.3 is 0 Å². The zero-order valence-corrected chi connectivity index (χ0v) is 7.34. The van der Waals surface area contributed by atoms with Gasteiger partial charge in [0.05, 0.1) is 6.10 Å². The van der Waals surface area contributed by atoms with Gasteiger partial charge in [0, 0.05) is 0 Å². The van der Waals surface area contributed by atoms with Crippen molar-refractivity contribution in [3.63, 3.8) is 0 Å². The maximum absolute atomic E-state index is 12.8. The van der Waals surface area contributed by atoms with Gasteiger partial charge in [-0.2, -0.15) is 0 Å². The summed E-state index contributed by atoms with van der Waals surface area (Å²) in [7, 11) is 0. The highest BCUT2D eigenvalue weighted by atomic mass is 19.1. The zero-order chi connectivity index (χ0) is 9.14. The third-order valence-corrected chi connectivity index (χ3v) is 1.63. The molecule has 0 spiro atoms. The van der Waals surface area contributed by atoms with Crippen molar-refractivity contribution in [1.29, 1.82) is 0 Å². The second kappa shape index (κ2) is 3.68. The second-order valence-electron chi connectivity index (χ2n) is 3.19. The van der Waals surface area contributed by atoms with Gasteiger partial charge in [0.1, 0.15) is 5.82 Å². The van der Waals surface area contributed by atoms with Gasteiger partial charge in [-0.1, -0.05) is 6.07 Å². The maximum atomic E-state index is 12.8. The van der Waals surface area contributed by atoms with Crippen molar-refractivity contribution in [3.05, 3.63) is 35.1 Å². The summed E-state index contributed by atoms with van der Waals surface area (Å²) in [6.07, 6.45) is 0.102. The van der Waals surface area contributed by atoms with Gasteiger partial charge in [-0.15, -0.1) is 0 Å². The monoisotopic (exact) mass is 168 g/mol. The van der Waals surface area contributed by atoms with Crippen LogP contribution in [0.25, 0.3) is 0 Å². The molecular weight excluding hydrogens is 155 g/mol. The Morgan fingerprint density at radius 2 is 2.08 bits per heavy atom. The third-order valence-electron chi connectivity index (χ3n) is 1.63. The molecule has 12 heavy (non-hydrogen) atoms. The standard InChI is InChI=1S/C10H13FO/c1-7-3-9(5-8(2)12)6-10(11)4-7/h3-4,6,8,12H,5H2,1-2H3/t8-/m0/s1. The molecule has 0 unspecified atom stereocenters. The molecule has 0 aliphatic carbocycles. The average Bonchev–Trinajstić information content (AvgIpc) is 1.81. The Morgan fingerprint density at radius 1 is 1.42 bits per heavy atom. The van der Waals surface area contributed by atoms with E-state index in [9.17, 15) is 4.39 Å². The minimum absolute atomic E-state index is 0.231. The van der Waals surface area contributed by atoms with Crippen LogP contribution in [0.3, 0.4) is 0 Å². The lowest BCUT2D eigenvalue weighted by molar-refractivity contribution is 0.195. The number of hydrogen-bond acceptors (Lipinski definition) is 1. The molecule has 1 nitrogen and oxygen atoms in total. The highest BCUT2D eigenvalue weighted by Gasteiger charge is 2.01. The van der Waals surface area contributed by atoms with Crippen molar-refractivity contribution in [2.75, 3.05) is 0 Å². The van der Waals surface area contributed by atoms with Crippen LogP contribution in [-0.4, -0.2) is 11.2 Å². The SMILES string of the molecule is Cc1cc(F)cc(C[C@H](C)O)c1. The highest BCUT2D eigenvalue weighted by Crippen LogP contribution is 2.10. The molecule has 0 radical (unpaired) electrons. The van der Waals surface area contributed by atoms with Crippen LogP contribution in [0.15, 0.2) is 18.2 Å². The van der Waals surface area contributed by atoms with E-state index in [4.69, 9.17) is 5.11 Å². The van der Waals surface area contributed by atoms with E-state index in [1.807, 2.05) is 13.0 Å². The summed E-state index contributed by atoms with van der Waals surface area (Å²) >= 11 is 0. The number of aliphatic hydroxyl groups is 1. The Balaban J connectivity index is 2.85. The summed E-state index contributed by atoms with van der Waals surface area (Å²) in [6, 6.07) is 4.82. The summed E-state index contributed by atoms with van der Waals surface area (Å²) in [5.41, 5.74) is 1.74. The number of rotatable bonds is 2. The van der Waals surface area contributed by atoms with Crippen molar-refractivity contribution >= 4 is 0 Å². The summed E-state index contributed by atoms with van der Waals surface area (Å²) in [6.45, 7) is 3.54. The predicted octanol–water partition coefficient (Wildman–Crippen LogP) is 2.06. The molecular formula is C10H13FO.